The number of pyridine rings is 3. The fourth-order valence-electron chi connectivity index (χ4n) is 9.46. The Labute approximate surface area is 423 Å². The highest BCUT2D eigenvalue weighted by Crippen LogP contribution is 2.43. The summed E-state index contributed by atoms with van der Waals surface area (Å²) in [4.78, 5) is 14.5. The minimum absolute atomic E-state index is 0.655. The maximum absolute atomic E-state index is 6.80. The molecular formula is C63H99N3O3. The molecule has 0 aliphatic carbocycles. The Bertz CT molecular complexity index is 1690. The molecule has 0 N–H and O–H groups in total. The van der Waals surface area contributed by atoms with Crippen LogP contribution in [-0.2, 0) is 0 Å². The summed E-state index contributed by atoms with van der Waals surface area (Å²) in [6.07, 6.45) is 51.1. The van der Waals surface area contributed by atoms with Crippen LogP contribution in [0, 0.1) is 0 Å². The van der Waals surface area contributed by atoms with Crippen LogP contribution in [0.3, 0.4) is 0 Å². The number of ether oxygens (including phenoxy) is 3. The van der Waals surface area contributed by atoms with Crippen molar-refractivity contribution in [1.29, 1.82) is 0 Å². The van der Waals surface area contributed by atoms with Crippen LogP contribution in [0.5, 0.6) is 17.2 Å². The van der Waals surface area contributed by atoms with Crippen LogP contribution in [0.1, 0.15) is 252 Å². The molecular weight excluding hydrogens is 847 g/mol. The van der Waals surface area contributed by atoms with Crippen LogP contribution in [-0.4, -0.2) is 34.8 Å². The van der Waals surface area contributed by atoms with Gasteiger partial charge in [-0.2, -0.15) is 0 Å². The van der Waals surface area contributed by atoms with Crippen molar-refractivity contribution in [3.63, 3.8) is 0 Å². The summed E-state index contributed by atoms with van der Waals surface area (Å²) < 4.78 is 20.4. The molecule has 0 amide bonds. The molecule has 4 aromatic rings. The molecule has 6 nitrogen and oxygen atoms in total. The monoisotopic (exact) mass is 946 g/mol. The van der Waals surface area contributed by atoms with E-state index in [-0.39, 0.29) is 0 Å². The van der Waals surface area contributed by atoms with Crippen molar-refractivity contribution in [2.75, 3.05) is 19.8 Å². The van der Waals surface area contributed by atoms with Crippen molar-refractivity contribution >= 4 is 0 Å². The Balaban J connectivity index is 1.47. The molecule has 4 rings (SSSR count). The Morgan fingerprint density at radius 1 is 0.304 bits per heavy atom. The number of unbranched alkanes of at least 4 members (excludes halogenated alkanes) is 33. The van der Waals surface area contributed by atoms with E-state index < -0.39 is 0 Å². The number of nitrogens with zero attached hydrogens (tertiary/aromatic N) is 3. The molecule has 69 heavy (non-hydrogen) atoms. The third-order valence-corrected chi connectivity index (χ3v) is 13.8. The van der Waals surface area contributed by atoms with E-state index in [2.05, 4.69) is 45.0 Å². The maximum Gasteiger partial charge on any atom is 0.203 e. The minimum Gasteiger partial charge on any atom is -0.490 e. The summed E-state index contributed by atoms with van der Waals surface area (Å²) in [6.45, 7) is 8.86. The highest BCUT2D eigenvalue weighted by molar-refractivity contribution is 5.77. The van der Waals surface area contributed by atoms with Gasteiger partial charge in [0.2, 0.25) is 5.75 Å². The molecule has 0 saturated carbocycles. The summed E-state index contributed by atoms with van der Waals surface area (Å²) in [6, 6.07) is 20.6. The molecule has 384 valence electrons. The van der Waals surface area contributed by atoms with Crippen molar-refractivity contribution < 1.29 is 14.2 Å². The van der Waals surface area contributed by atoms with Gasteiger partial charge in [-0.1, -0.05) is 245 Å². The van der Waals surface area contributed by atoms with Gasteiger partial charge in [0.1, 0.15) is 0 Å². The summed E-state index contributed by atoms with van der Waals surface area (Å²) in [5.74, 6) is 2.30. The largest absolute Gasteiger partial charge is 0.490 e. The minimum atomic E-state index is 0.655. The van der Waals surface area contributed by atoms with Gasteiger partial charge in [0, 0.05) is 12.4 Å². The maximum atomic E-state index is 6.80. The predicted molar refractivity (Wildman–Crippen MR) is 296 cm³/mol. The van der Waals surface area contributed by atoms with Crippen LogP contribution in [0.4, 0.5) is 0 Å². The zero-order chi connectivity index (χ0) is 48.5. The zero-order valence-electron chi connectivity index (χ0n) is 44.6. The molecule has 0 spiro atoms. The van der Waals surface area contributed by atoms with E-state index in [0.29, 0.717) is 19.8 Å². The topological polar surface area (TPSA) is 66.4 Å². The molecule has 0 radical (unpaired) electrons. The van der Waals surface area contributed by atoms with Gasteiger partial charge >= 0.3 is 0 Å². The molecule has 0 atom stereocenters. The molecule has 0 saturated heterocycles. The van der Waals surface area contributed by atoms with E-state index in [1.807, 2.05) is 48.8 Å². The van der Waals surface area contributed by atoms with Crippen molar-refractivity contribution in [3.8, 4) is 51.2 Å². The first-order chi connectivity index (χ1) is 34.2. The van der Waals surface area contributed by atoms with Crippen molar-refractivity contribution in [3.05, 3.63) is 73.1 Å². The van der Waals surface area contributed by atoms with Gasteiger partial charge < -0.3 is 14.2 Å². The molecule has 0 aliphatic heterocycles. The van der Waals surface area contributed by atoms with E-state index in [4.69, 9.17) is 29.2 Å². The van der Waals surface area contributed by atoms with Gasteiger partial charge in [0.05, 0.1) is 42.6 Å². The Kier molecular flexibility index (Phi) is 33.2. The average Bonchev–Trinajstić information content (AvgIpc) is 3.38. The fraction of sp³-hybridized carbons (Fsp3) is 0.667. The first-order valence-electron chi connectivity index (χ1n) is 29.1. The van der Waals surface area contributed by atoms with Gasteiger partial charge in [-0.3, -0.25) is 9.97 Å². The Hall–Kier alpha value is -3.93. The molecule has 1 aromatic carbocycles. The summed E-state index contributed by atoms with van der Waals surface area (Å²) in [5, 5.41) is 0. The molecule has 3 heterocycles. The number of benzene rings is 1. The van der Waals surface area contributed by atoms with Crippen LogP contribution < -0.4 is 14.2 Å². The van der Waals surface area contributed by atoms with Crippen LogP contribution in [0.25, 0.3) is 33.9 Å². The van der Waals surface area contributed by atoms with Gasteiger partial charge in [0.15, 0.2) is 11.5 Å². The Morgan fingerprint density at radius 2 is 0.594 bits per heavy atom. The second kappa shape index (κ2) is 39.8. The lowest BCUT2D eigenvalue weighted by atomic mass is 10.0. The fourth-order valence-corrected chi connectivity index (χ4v) is 9.46. The van der Waals surface area contributed by atoms with E-state index in [1.54, 1.807) is 0 Å². The standard InChI is InChI=1S/C63H99N3O3/c1-4-7-10-13-16-19-22-25-28-31-34-41-48-67-61-53-56(55-51-59(57-44-37-39-46-64-57)66-60(52-55)58-45-38-40-47-65-58)54-62(68-49-42-35-32-29-26-23-20-17-14-11-8-5-2)63(61)69-50-43-36-33-30-27-24-21-18-15-12-9-6-3/h37-40,44-47,51-54H,4-36,41-43,48-50H2,1-3H3. The second-order valence-electron chi connectivity index (χ2n) is 20.1. The van der Waals surface area contributed by atoms with Gasteiger partial charge in [0.25, 0.3) is 0 Å². The first kappa shape index (κ1) is 57.6. The number of rotatable bonds is 45. The molecule has 0 aliphatic rings. The number of hydrogen-bond donors (Lipinski definition) is 0. The van der Waals surface area contributed by atoms with E-state index in [0.717, 1.165) is 70.4 Å². The van der Waals surface area contributed by atoms with Gasteiger partial charge in [-0.25, -0.2) is 4.98 Å². The highest BCUT2D eigenvalue weighted by Gasteiger charge is 2.19. The van der Waals surface area contributed by atoms with Gasteiger partial charge in [-0.15, -0.1) is 0 Å². The lowest BCUT2D eigenvalue weighted by Crippen LogP contribution is -2.07. The molecule has 6 heteroatoms. The van der Waals surface area contributed by atoms with E-state index in [9.17, 15) is 0 Å². The number of aromatic nitrogens is 3. The van der Waals surface area contributed by atoms with E-state index in [1.165, 1.54) is 212 Å². The van der Waals surface area contributed by atoms with Gasteiger partial charge in [-0.05, 0) is 78.9 Å². The lowest BCUT2D eigenvalue weighted by Gasteiger charge is -2.19. The molecule has 0 fully saturated rings. The van der Waals surface area contributed by atoms with Crippen molar-refractivity contribution in [2.45, 2.75) is 252 Å². The lowest BCUT2D eigenvalue weighted by molar-refractivity contribution is 0.234. The average molecular weight is 947 g/mol. The summed E-state index contributed by atoms with van der Waals surface area (Å²) in [7, 11) is 0. The van der Waals surface area contributed by atoms with Crippen LogP contribution in [0.15, 0.2) is 73.1 Å². The normalized spacial score (nSPS) is 11.3. The third-order valence-electron chi connectivity index (χ3n) is 13.8. The zero-order valence-corrected chi connectivity index (χ0v) is 44.6. The highest BCUT2D eigenvalue weighted by atomic mass is 16.5. The molecule has 0 bridgehead atoms. The van der Waals surface area contributed by atoms with Crippen LogP contribution in [0.2, 0.25) is 0 Å². The summed E-state index contributed by atoms with van der Waals surface area (Å²) in [5.41, 5.74) is 5.29. The first-order valence-corrected chi connectivity index (χ1v) is 29.1. The predicted octanol–water partition coefficient (Wildman–Crippen LogP) is 20.1. The smallest absolute Gasteiger partial charge is 0.203 e. The third kappa shape index (κ3) is 26.2. The molecule has 0 unspecified atom stereocenters. The van der Waals surface area contributed by atoms with Crippen LogP contribution >= 0.6 is 0 Å². The molecule has 3 aromatic heterocycles. The number of hydrogen-bond acceptors (Lipinski definition) is 6. The van der Waals surface area contributed by atoms with E-state index >= 15 is 0 Å². The summed E-state index contributed by atoms with van der Waals surface area (Å²) >= 11 is 0. The SMILES string of the molecule is CCCCCCCCCCCCCCOc1cc(-c2cc(-c3ccccn3)nc(-c3ccccn3)c2)cc(OCCCCCCCCCCCCCC)c1OCCCCCCCCCCCCCC. The second-order valence-corrected chi connectivity index (χ2v) is 20.1. The van der Waals surface area contributed by atoms with Crippen molar-refractivity contribution in [1.82, 2.24) is 15.0 Å². The van der Waals surface area contributed by atoms with Crippen molar-refractivity contribution in [2.24, 2.45) is 0 Å². The quantitative estimate of drug-likeness (QED) is 0.0411. The Morgan fingerprint density at radius 3 is 0.899 bits per heavy atom.